The van der Waals surface area contributed by atoms with E-state index in [9.17, 15) is 0 Å². The first-order valence-corrected chi connectivity index (χ1v) is 4.55. The van der Waals surface area contributed by atoms with Gasteiger partial charge in [0.1, 0.15) is 0 Å². The second-order valence-corrected chi connectivity index (χ2v) is 3.86. The molecule has 0 spiro atoms. The average Bonchev–Trinajstić information content (AvgIpc) is 2.27. The fourth-order valence-electron chi connectivity index (χ4n) is 1.17. The molecule has 0 atom stereocenters. The van der Waals surface area contributed by atoms with Crippen LogP contribution in [0.2, 0.25) is 0 Å². The molecular weight excluding hydrogens is 164 g/mol. The Morgan fingerprint density at radius 3 is 2.73 bits per heavy atom. The monoisotopic (exact) mass is 169 g/mol. The van der Waals surface area contributed by atoms with E-state index in [-0.39, 0.29) is 0 Å². The largest absolute Gasteiger partial charge is 0.377 e. The minimum atomic E-state index is 1.13. The van der Waals surface area contributed by atoms with Gasteiger partial charge in [0.05, 0.1) is 0 Å². The predicted molar refractivity (Wildman–Crippen MR) is 49.1 cm³/mol. The lowest BCUT2D eigenvalue weighted by molar-refractivity contribution is 1.55. The molecule has 2 aromatic rings. The maximum Gasteiger partial charge on any atom is 0.205 e. The van der Waals surface area contributed by atoms with E-state index in [0.29, 0.717) is 0 Å². The molecule has 3 heteroatoms. The minimum absolute atomic E-state index is 1.13. The minimum Gasteiger partial charge on any atom is -0.377 e. The molecule has 0 amide bonds. The summed E-state index contributed by atoms with van der Waals surface area (Å²) in [5, 5.41) is 1.27. The van der Waals surface area contributed by atoms with Crippen molar-refractivity contribution < 1.29 is 0 Å². The summed E-state index contributed by atoms with van der Waals surface area (Å²) in [6, 6.07) is 8.43. The van der Waals surface area contributed by atoms with Crippen LogP contribution in [0.15, 0.2) is 24.3 Å². The predicted octanol–water partition coefficient (Wildman–Crippen LogP) is -0.244. The second-order valence-electron chi connectivity index (χ2n) is 2.57. The molecule has 4 radical (unpaired) electrons. The number of aromatic amines is 1. The number of rotatable bonds is 0. The Bertz CT molecular complexity index is 392. The Morgan fingerprint density at radius 2 is 1.91 bits per heavy atom. The highest BCUT2D eigenvalue weighted by molar-refractivity contribution is 6.34. The second kappa shape index (κ2) is 2.70. The number of H-pyrrole nitrogens is 1. The fraction of sp³-hybridized carbons (Fsp3) is 0. The normalized spacial score (nSPS) is 10.5. The number of nitrogens with one attached hydrogen (secondary N) is 1. The molecule has 0 aliphatic carbocycles. The molecule has 48 valence electrons. The van der Waals surface area contributed by atoms with Gasteiger partial charge >= 0.3 is 0 Å². The molecular formula is C8H5Al2N. The van der Waals surface area contributed by atoms with Crippen LogP contribution in [0.4, 0.5) is 0 Å². The molecule has 0 aliphatic rings. The summed E-state index contributed by atoms with van der Waals surface area (Å²) >= 11 is 5.35. The Kier molecular flexibility index (Phi) is 1.84. The van der Waals surface area contributed by atoms with Gasteiger partial charge in [-0.15, -0.1) is 4.43 Å². The Morgan fingerprint density at radius 1 is 1.09 bits per heavy atom. The summed E-state index contributed by atoms with van der Waals surface area (Å²) in [4.78, 5) is 3.24. The van der Waals surface area contributed by atoms with E-state index in [1.165, 1.54) is 15.3 Å². The molecule has 0 fully saturated rings. The standard InChI is InChI=1S/C8H5N.2Al/c1-2-4-8-7(3-1)5-6-9-8;;/h2-5,9H;;. The fourth-order valence-corrected chi connectivity index (χ4v) is 1.78. The van der Waals surface area contributed by atoms with Crippen molar-refractivity contribution in [2.75, 3.05) is 0 Å². The van der Waals surface area contributed by atoms with Gasteiger partial charge in [0.2, 0.25) is 16.3 Å². The van der Waals surface area contributed by atoms with Crippen molar-refractivity contribution in [2.45, 2.75) is 0 Å². The quantitative estimate of drug-likeness (QED) is 0.524. The van der Waals surface area contributed by atoms with Gasteiger partial charge in [-0.1, -0.05) is 22.8 Å². The highest BCUT2D eigenvalue weighted by Gasteiger charge is 1.94. The van der Waals surface area contributed by atoms with E-state index in [2.05, 4.69) is 61.8 Å². The van der Waals surface area contributed by atoms with E-state index >= 15 is 0 Å². The zero-order chi connectivity index (χ0) is 7.84. The lowest BCUT2D eigenvalue weighted by Gasteiger charge is -1.91. The average molecular weight is 169 g/mol. The van der Waals surface area contributed by atoms with Crippen LogP contribution in [-0.2, 0) is 0 Å². The highest BCUT2D eigenvalue weighted by Crippen LogP contribution is 2.06. The van der Waals surface area contributed by atoms with Crippen LogP contribution >= 0.6 is 0 Å². The summed E-state index contributed by atoms with van der Waals surface area (Å²) < 4.78 is 2.36. The maximum atomic E-state index is 3.24. The van der Waals surface area contributed by atoms with Crippen molar-refractivity contribution in [3.63, 3.8) is 0 Å². The van der Waals surface area contributed by atoms with Crippen molar-refractivity contribution in [1.82, 2.24) is 4.98 Å². The van der Waals surface area contributed by atoms with Crippen LogP contribution in [-0.4, -0.2) is 37.6 Å². The summed E-state index contributed by atoms with van der Waals surface area (Å²) in [5.41, 5.74) is 1.20. The van der Waals surface area contributed by atoms with Gasteiger partial charge in [0.25, 0.3) is 0 Å². The lowest BCUT2D eigenvalue weighted by Crippen LogP contribution is -1.99. The van der Waals surface area contributed by atoms with Gasteiger partial charge in [-0.25, -0.2) is 0 Å². The van der Waals surface area contributed by atoms with Crippen molar-refractivity contribution in [3.05, 3.63) is 24.3 Å². The van der Waals surface area contributed by atoms with Gasteiger partial charge in [-0.05, 0) is 11.5 Å². The smallest absolute Gasteiger partial charge is 0.205 e. The number of hydrogen-bond donors (Lipinski definition) is 1. The molecule has 0 aliphatic heterocycles. The molecule has 1 aromatic carbocycles. The number of fused-ring (bicyclic) bond motifs is 1. The first-order chi connectivity index (χ1) is 5.25. The number of benzene rings is 1. The molecule has 0 saturated carbocycles. The molecule has 2 rings (SSSR count). The summed E-state index contributed by atoms with van der Waals surface area (Å²) in [6.07, 6.45) is 0. The molecule has 0 bridgehead atoms. The molecule has 1 nitrogen and oxygen atoms in total. The van der Waals surface area contributed by atoms with E-state index in [1.807, 2.05) is 0 Å². The first-order valence-electron chi connectivity index (χ1n) is 3.39. The Hall–Kier alpha value is -0.175. The van der Waals surface area contributed by atoms with Crippen molar-refractivity contribution in [3.8, 4) is 0 Å². The van der Waals surface area contributed by atoms with E-state index < -0.39 is 0 Å². The highest BCUT2D eigenvalue weighted by atomic mass is 27.1. The van der Waals surface area contributed by atoms with Gasteiger partial charge in [-0.2, -0.15) is 0 Å². The van der Waals surface area contributed by atoms with E-state index in [4.69, 9.17) is 0 Å². The Balaban J connectivity index is 2.82. The van der Waals surface area contributed by atoms with Crippen molar-refractivity contribution in [2.24, 2.45) is 0 Å². The lowest BCUT2D eigenvalue weighted by atomic mass is 10.2. The molecule has 0 unspecified atom stereocenters. The van der Waals surface area contributed by atoms with Crippen LogP contribution in [0.5, 0.6) is 0 Å². The Labute approximate surface area is 81.6 Å². The van der Waals surface area contributed by atoms with Crippen LogP contribution in [0, 0.1) is 0 Å². The summed E-state index contributed by atoms with van der Waals surface area (Å²) in [6.45, 7) is 0. The topological polar surface area (TPSA) is 15.8 Å². The molecule has 1 N–H and O–H groups in total. The van der Waals surface area contributed by atoms with Crippen molar-refractivity contribution in [1.29, 1.82) is 0 Å². The SMILES string of the molecule is [Al][c]1ccc2[nH][c]([Al])cc2c1. The number of hydrogen-bond acceptors (Lipinski definition) is 0. The zero-order valence-corrected chi connectivity index (χ0v) is 8.27. The number of aromatic nitrogens is 1. The van der Waals surface area contributed by atoms with Gasteiger partial charge in [0.15, 0.2) is 16.3 Å². The zero-order valence-electron chi connectivity index (χ0n) is 5.96. The maximum absolute atomic E-state index is 3.24. The molecule has 11 heavy (non-hydrogen) atoms. The summed E-state index contributed by atoms with van der Waals surface area (Å²) in [7, 11) is 0. The van der Waals surface area contributed by atoms with E-state index in [0.717, 1.165) is 4.56 Å². The van der Waals surface area contributed by atoms with Crippen LogP contribution < -0.4 is 8.98 Å². The van der Waals surface area contributed by atoms with Gasteiger partial charge in [0, 0.05) is 5.52 Å². The molecule has 0 saturated heterocycles. The van der Waals surface area contributed by atoms with Gasteiger partial charge < -0.3 is 4.98 Å². The van der Waals surface area contributed by atoms with Crippen LogP contribution in [0.3, 0.4) is 0 Å². The third-order valence-electron chi connectivity index (χ3n) is 1.67. The van der Waals surface area contributed by atoms with E-state index in [1.54, 1.807) is 0 Å². The van der Waals surface area contributed by atoms with Crippen molar-refractivity contribution >= 4 is 52.5 Å². The third-order valence-corrected chi connectivity index (χ3v) is 2.34. The first kappa shape index (κ1) is 7.47. The summed E-state index contributed by atoms with van der Waals surface area (Å²) in [5.74, 6) is 0. The van der Waals surface area contributed by atoms with Gasteiger partial charge in [-0.3, -0.25) is 0 Å². The molecule has 1 heterocycles. The van der Waals surface area contributed by atoms with Crippen LogP contribution in [0.25, 0.3) is 10.9 Å². The third kappa shape index (κ3) is 1.39. The molecule has 1 aromatic heterocycles. The van der Waals surface area contributed by atoms with Crippen LogP contribution in [0.1, 0.15) is 0 Å².